The number of nitrogens with zero attached hydrogens (tertiary/aromatic N) is 5. The third kappa shape index (κ3) is 2.62. The molecule has 0 spiro atoms. The van der Waals surface area contributed by atoms with Crippen LogP contribution in [0.25, 0.3) is 5.69 Å². The monoisotopic (exact) mass is 280 g/mol. The molecule has 0 aliphatic heterocycles. The Morgan fingerprint density at radius 3 is 2.52 bits per heavy atom. The highest BCUT2D eigenvalue weighted by Crippen LogP contribution is 2.21. The van der Waals surface area contributed by atoms with Crippen molar-refractivity contribution in [1.29, 1.82) is 10.5 Å². The topological polar surface area (TPSA) is 104 Å². The van der Waals surface area contributed by atoms with Crippen molar-refractivity contribution in [2.75, 3.05) is 0 Å². The van der Waals surface area contributed by atoms with Gasteiger partial charge in [-0.15, -0.1) is 5.10 Å². The Hall–Kier alpha value is -2.70. The zero-order chi connectivity index (χ0) is 15.4. The van der Waals surface area contributed by atoms with Crippen molar-refractivity contribution < 1.29 is 0 Å². The number of hydrogen-bond donors (Lipinski definition) is 1. The quantitative estimate of drug-likeness (QED) is 0.922. The van der Waals surface area contributed by atoms with Gasteiger partial charge in [-0.05, 0) is 31.0 Å². The summed E-state index contributed by atoms with van der Waals surface area (Å²) in [6.45, 7) is 4.01. The van der Waals surface area contributed by atoms with Crippen LogP contribution in [0.1, 0.15) is 48.8 Å². The normalized spacial score (nSPS) is 11.7. The molecule has 2 aromatic rings. The van der Waals surface area contributed by atoms with Crippen LogP contribution in [0.15, 0.2) is 18.2 Å². The van der Waals surface area contributed by atoms with E-state index < -0.39 is 0 Å². The van der Waals surface area contributed by atoms with Crippen molar-refractivity contribution in [3.8, 4) is 17.8 Å². The molecule has 1 aromatic heterocycles. The maximum absolute atomic E-state index is 9.11. The fraction of sp³-hybridized carbons (Fsp3) is 0.333. The number of rotatable bonds is 4. The molecule has 6 heteroatoms. The van der Waals surface area contributed by atoms with Crippen molar-refractivity contribution >= 4 is 0 Å². The summed E-state index contributed by atoms with van der Waals surface area (Å²) in [7, 11) is 0. The zero-order valence-corrected chi connectivity index (χ0v) is 12.0. The summed E-state index contributed by atoms with van der Waals surface area (Å²) in [4.78, 5) is 0. The van der Waals surface area contributed by atoms with Gasteiger partial charge < -0.3 is 5.73 Å². The second-order valence-corrected chi connectivity index (χ2v) is 4.65. The lowest BCUT2D eigenvalue weighted by molar-refractivity contribution is 0.665. The number of benzene rings is 1. The van der Waals surface area contributed by atoms with Crippen LogP contribution in [0.3, 0.4) is 0 Å². The van der Waals surface area contributed by atoms with Crippen LogP contribution in [0.4, 0.5) is 0 Å². The molecule has 1 atom stereocenters. The molecular weight excluding hydrogens is 264 g/mol. The predicted octanol–water partition coefficient (Wildman–Crippen LogP) is 1.98. The highest BCUT2D eigenvalue weighted by Gasteiger charge is 2.18. The van der Waals surface area contributed by atoms with E-state index >= 15 is 0 Å². The van der Waals surface area contributed by atoms with Gasteiger partial charge in [-0.1, -0.05) is 19.1 Å². The fourth-order valence-corrected chi connectivity index (χ4v) is 2.19. The number of nitriles is 2. The van der Waals surface area contributed by atoms with E-state index in [0.717, 1.165) is 24.2 Å². The lowest BCUT2D eigenvalue weighted by Crippen LogP contribution is -2.12. The molecule has 0 radical (unpaired) electrons. The van der Waals surface area contributed by atoms with Crippen LogP contribution in [-0.2, 0) is 6.42 Å². The number of nitrogens with two attached hydrogens (primary N) is 1. The molecule has 0 fully saturated rings. The van der Waals surface area contributed by atoms with Gasteiger partial charge in [0, 0.05) is 0 Å². The summed E-state index contributed by atoms with van der Waals surface area (Å²) in [6, 6.07) is 8.90. The molecule has 1 unspecified atom stereocenters. The van der Waals surface area contributed by atoms with E-state index in [0.29, 0.717) is 16.8 Å². The first-order valence-electron chi connectivity index (χ1n) is 6.80. The van der Waals surface area contributed by atoms with Crippen LogP contribution in [0, 0.1) is 22.7 Å². The van der Waals surface area contributed by atoms with Crippen molar-refractivity contribution in [2.24, 2.45) is 5.73 Å². The average molecular weight is 280 g/mol. The molecular formula is C15H16N6. The summed E-state index contributed by atoms with van der Waals surface area (Å²) >= 11 is 0. The Balaban J connectivity index is 2.56. The predicted molar refractivity (Wildman–Crippen MR) is 77.4 cm³/mol. The van der Waals surface area contributed by atoms with Gasteiger partial charge >= 0.3 is 0 Å². The van der Waals surface area contributed by atoms with E-state index in [-0.39, 0.29) is 6.04 Å². The lowest BCUT2D eigenvalue weighted by atomic mass is 10.1. The van der Waals surface area contributed by atoms with Crippen LogP contribution < -0.4 is 5.73 Å². The summed E-state index contributed by atoms with van der Waals surface area (Å²) in [5.74, 6) is 0. The van der Waals surface area contributed by atoms with E-state index in [1.165, 1.54) is 0 Å². The van der Waals surface area contributed by atoms with Gasteiger partial charge in [-0.25, -0.2) is 4.68 Å². The maximum atomic E-state index is 9.11. The third-order valence-electron chi connectivity index (χ3n) is 3.41. The Morgan fingerprint density at radius 2 is 1.95 bits per heavy atom. The Bertz CT molecular complexity index is 732. The van der Waals surface area contributed by atoms with Gasteiger partial charge in [-0.3, -0.25) is 0 Å². The first kappa shape index (κ1) is 14.7. The highest BCUT2D eigenvalue weighted by atomic mass is 15.4. The van der Waals surface area contributed by atoms with E-state index in [4.69, 9.17) is 16.3 Å². The van der Waals surface area contributed by atoms with E-state index in [2.05, 4.69) is 10.3 Å². The molecule has 0 bridgehead atoms. The van der Waals surface area contributed by atoms with Gasteiger partial charge in [0.25, 0.3) is 0 Å². The van der Waals surface area contributed by atoms with Gasteiger partial charge in [0.15, 0.2) is 0 Å². The standard InChI is InChI=1S/C15H16N6/c1-3-13(18)15-14(4-2)21(20-19-15)12-6-5-10(8-16)11(7-12)9-17/h5-7,13H,3-4,18H2,1-2H3. The second-order valence-electron chi connectivity index (χ2n) is 4.65. The summed E-state index contributed by atoms with van der Waals surface area (Å²) in [5.41, 5.74) is 9.15. The Morgan fingerprint density at radius 1 is 1.24 bits per heavy atom. The summed E-state index contributed by atoms with van der Waals surface area (Å²) < 4.78 is 1.69. The maximum Gasteiger partial charge on any atom is 0.103 e. The van der Waals surface area contributed by atoms with E-state index in [1.54, 1.807) is 22.9 Å². The molecule has 0 saturated carbocycles. The van der Waals surface area contributed by atoms with Crippen LogP contribution in [-0.4, -0.2) is 15.0 Å². The Labute approximate surface area is 123 Å². The molecule has 0 aliphatic carbocycles. The van der Waals surface area contributed by atoms with E-state index in [9.17, 15) is 0 Å². The first-order chi connectivity index (χ1) is 10.2. The molecule has 0 amide bonds. The molecule has 2 rings (SSSR count). The minimum atomic E-state index is -0.150. The van der Waals surface area contributed by atoms with Crippen LogP contribution in [0.5, 0.6) is 0 Å². The third-order valence-corrected chi connectivity index (χ3v) is 3.41. The number of hydrogen-bond acceptors (Lipinski definition) is 5. The minimum Gasteiger partial charge on any atom is -0.323 e. The smallest absolute Gasteiger partial charge is 0.103 e. The number of aromatic nitrogens is 3. The second kappa shape index (κ2) is 6.17. The van der Waals surface area contributed by atoms with Crippen molar-refractivity contribution in [1.82, 2.24) is 15.0 Å². The molecule has 2 N–H and O–H groups in total. The minimum absolute atomic E-state index is 0.150. The van der Waals surface area contributed by atoms with Crippen molar-refractivity contribution in [3.05, 3.63) is 40.7 Å². The van der Waals surface area contributed by atoms with E-state index in [1.807, 2.05) is 26.0 Å². The van der Waals surface area contributed by atoms with Gasteiger partial charge in [0.1, 0.15) is 17.8 Å². The molecule has 0 aliphatic rings. The average Bonchev–Trinajstić information content (AvgIpc) is 2.97. The molecule has 6 nitrogen and oxygen atoms in total. The molecule has 1 heterocycles. The largest absolute Gasteiger partial charge is 0.323 e. The summed E-state index contributed by atoms with van der Waals surface area (Å²) in [5, 5.41) is 26.4. The van der Waals surface area contributed by atoms with Crippen molar-refractivity contribution in [2.45, 2.75) is 32.7 Å². The first-order valence-corrected chi connectivity index (χ1v) is 6.80. The summed E-state index contributed by atoms with van der Waals surface area (Å²) in [6.07, 6.45) is 1.51. The fourth-order valence-electron chi connectivity index (χ4n) is 2.19. The van der Waals surface area contributed by atoms with Gasteiger partial charge in [0.05, 0.1) is 28.6 Å². The lowest BCUT2D eigenvalue weighted by Gasteiger charge is -2.10. The SMILES string of the molecule is CCc1c(C(N)CC)nnn1-c1ccc(C#N)c(C#N)c1. The van der Waals surface area contributed by atoms with Crippen LogP contribution >= 0.6 is 0 Å². The van der Waals surface area contributed by atoms with Crippen molar-refractivity contribution in [3.63, 3.8) is 0 Å². The molecule has 0 saturated heterocycles. The molecule has 21 heavy (non-hydrogen) atoms. The zero-order valence-electron chi connectivity index (χ0n) is 12.0. The Kier molecular flexibility index (Phi) is 4.32. The van der Waals surface area contributed by atoms with Crippen LogP contribution in [0.2, 0.25) is 0 Å². The van der Waals surface area contributed by atoms with Gasteiger partial charge in [-0.2, -0.15) is 10.5 Å². The molecule has 1 aromatic carbocycles. The molecule has 106 valence electrons. The van der Waals surface area contributed by atoms with Gasteiger partial charge in [0.2, 0.25) is 0 Å². The highest BCUT2D eigenvalue weighted by molar-refractivity contribution is 5.51.